The SMILES string of the molecule is O=C(NC[C@@H]1CCCN1c1nccs1)Nc1ccc2c(c1)OCO2. The summed E-state index contributed by atoms with van der Waals surface area (Å²) >= 11 is 1.63. The lowest BCUT2D eigenvalue weighted by Gasteiger charge is -2.24. The summed E-state index contributed by atoms with van der Waals surface area (Å²) < 4.78 is 10.6. The van der Waals surface area contributed by atoms with Crippen LogP contribution in [0, 0.1) is 0 Å². The van der Waals surface area contributed by atoms with E-state index in [1.165, 1.54) is 0 Å². The zero-order chi connectivity index (χ0) is 16.4. The Morgan fingerprint density at radius 1 is 1.38 bits per heavy atom. The lowest BCUT2D eigenvalue weighted by molar-refractivity contribution is 0.174. The Labute approximate surface area is 143 Å². The number of ether oxygens (including phenoxy) is 2. The highest BCUT2D eigenvalue weighted by molar-refractivity contribution is 7.13. The molecule has 2 aliphatic rings. The topological polar surface area (TPSA) is 75.7 Å². The van der Waals surface area contributed by atoms with Gasteiger partial charge in [0.25, 0.3) is 0 Å². The molecule has 0 bridgehead atoms. The van der Waals surface area contributed by atoms with Gasteiger partial charge < -0.3 is 25.0 Å². The second kappa shape index (κ2) is 6.56. The summed E-state index contributed by atoms with van der Waals surface area (Å²) in [6, 6.07) is 5.42. The number of amides is 2. The molecule has 1 aromatic carbocycles. The number of hydrogen-bond donors (Lipinski definition) is 2. The van der Waals surface area contributed by atoms with E-state index in [9.17, 15) is 4.79 Å². The molecule has 1 atom stereocenters. The van der Waals surface area contributed by atoms with E-state index in [2.05, 4.69) is 20.5 Å². The van der Waals surface area contributed by atoms with Crippen LogP contribution >= 0.6 is 11.3 Å². The van der Waals surface area contributed by atoms with Gasteiger partial charge in [0.2, 0.25) is 6.79 Å². The van der Waals surface area contributed by atoms with Crippen molar-refractivity contribution in [1.82, 2.24) is 10.3 Å². The zero-order valence-electron chi connectivity index (χ0n) is 13.0. The largest absolute Gasteiger partial charge is 0.454 e. The Morgan fingerprint density at radius 3 is 3.17 bits per heavy atom. The Hall–Kier alpha value is -2.48. The Morgan fingerprint density at radius 2 is 2.29 bits per heavy atom. The highest BCUT2D eigenvalue weighted by Gasteiger charge is 2.26. The minimum absolute atomic E-state index is 0.221. The van der Waals surface area contributed by atoms with Crippen LogP contribution in [0.15, 0.2) is 29.8 Å². The summed E-state index contributed by atoms with van der Waals surface area (Å²) in [6.07, 6.45) is 3.99. The van der Waals surface area contributed by atoms with Gasteiger partial charge in [-0.3, -0.25) is 0 Å². The summed E-state index contributed by atoms with van der Waals surface area (Å²) in [5.41, 5.74) is 0.681. The first-order valence-electron chi connectivity index (χ1n) is 7.90. The van der Waals surface area contributed by atoms with E-state index in [-0.39, 0.29) is 12.8 Å². The maximum Gasteiger partial charge on any atom is 0.319 e. The third-order valence-corrected chi connectivity index (χ3v) is 4.98. The normalized spacial score (nSPS) is 18.7. The van der Waals surface area contributed by atoms with Gasteiger partial charge in [-0.15, -0.1) is 11.3 Å². The summed E-state index contributed by atoms with van der Waals surface area (Å²) in [5.74, 6) is 1.35. The van der Waals surface area contributed by atoms with E-state index in [0.717, 1.165) is 24.5 Å². The van der Waals surface area contributed by atoms with Gasteiger partial charge in [0.05, 0.1) is 0 Å². The molecule has 2 aliphatic heterocycles. The minimum atomic E-state index is -0.222. The van der Waals surface area contributed by atoms with Gasteiger partial charge in [-0.1, -0.05) is 0 Å². The Bertz CT molecular complexity index is 722. The first kappa shape index (κ1) is 15.1. The molecule has 2 N–H and O–H groups in total. The number of fused-ring (bicyclic) bond motifs is 1. The van der Waals surface area contributed by atoms with Crippen LogP contribution in [0.4, 0.5) is 15.6 Å². The molecule has 1 aromatic heterocycles. The lowest BCUT2D eigenvalue weighted by Crippen LogP contribution is -2.41. The molecule has 1 fully saturated rings. The molecule has 7 nitrogen and oxygen atoms in total. The zero-order valence-corrected chi connectivity index (χ0v) is 13.8. The maximum absolute atomic E-state index is 12.1. The molecule has 0 radical (unpaired) electrons. The fourth-order valence-corrected chi connectivity index (χ4v) is 3.76. The number of rotatable bonds is 4. The number of carbonyl (C=O) groups is 1. The second-order valence-electron chi connectivity index (χ2n) is 5.71. The number of anilines is 2. The van der Waals surface area contributed by atoms with Crippen LogP contribution in [-0.4, -0.2) is 36.9 Å². The predicted molar refractivity (Wildman–Crippen MR) is 92.1 cm³/mol. The van der Waals surface area contributed by atoms with Gasteiger partial charge in [0, 0.05) is 42.5 Å². The standard InChI is InChI=1S/C16H18N4O3S/c21-15(19-11-3-4-13-14(8-11)23-10-22-13)18-9-12-2-1-6-20(12)16-17-5-7-24-16/h3-5,7-8,12H,1-2,6,9-10H2,(H2,18,19,21)/t12-/m0/s1. The molecule has 1 saturated heterocycles. The smallest absolute Gasteiger partial charge is 0.319 e. The molecule has 0 aliphatic carbocycles. The van der Waals surface area contributed by atoms with E-state index in [4.69, 9.17) is 9.47 Å². The van der Waals surface area contributed by atoms with Crippen LogP contribution in [0.2, 0.25) is 0 Å². The number of benzene rings is 1. The van der Waals surface area contributed by atoms with Crippen molar-refractivity contribution in [2.75, 3.05) is 30.1 Å². The number of nitrogens with one attached hydrogen (secondary N) is 2. The van der Waals surface area contributed by atoms with Crippen molar-refractivity contribution in [3.8, 4) is 11.5 Å². The Kier molecular flexibility index (Phi) is 4.12. The number of hydrogen-bond acceptors (Lipinski definition) is 6. The molecular weight excluding hydrogens is 328 g/mol. The number of nitrogens with zero attached hydrogens (tertiary/aromatic N) is 2. The molecule has 2 aromatic rings. The molecule has 24 heavy (non-hydrogen) atoms. The number of urea groups is 1. The lowest BCUT2D eigenvalue weighted by atomic mass is 10.2. The molecular formula is C16H18N4O3S. The maximum atomic E-state index is 12.1. The summed E-state index contributed by atoms with van der Waals surface area (Å²) in [5, 5.41) is 8.77. The van der Waals surface area contributed by atoms with Gasteiger partial charge in [-0.05, 0) is 25.0 Å². The average molecular weight is 346 g/mol. The number of thiazole rings is 1. The molecule has 126 valence electrons. The third-order valence-electron chi connectivity index (χ3n) is 4.17. The van der Waals surface area contributed by atoms with Gasteiger partial charge in [0.15, 0.2) is 16.6 Å². The van der Waals surface area contributed by atoms with Crippen molar-refractivity contribution >= 4 is 28.2 Å². The molecule has 4 rings (SSSR count). The highest BCUT2D eigenvalue weighted by Crippen LogP contribution is 2.34. The van der Waals surface area contributed by atoms with Gasteiger partial charge in [0.1, 0.15) is 0 Å². The molecule has 3 heterocycles. The number of aromatic nitrogens is 1. The number of carbonyl (C=O) groups excluding carboxylic acids is 1. The third kappa shape index (κ3) is 3.09. The van der Waals surface area contributed by atoms with E-state index in [1.807, 2.05) is 11.6 Å². The fraction of sp³-hybridized carbons (Fsp3) is 0.375. The second-order valence-corrected chi connectivity index (χ2v) is 6.58. The van der Waals surface area contributed by atoms with Crippen molar-refractivity contribution in [3.63, 3.8) is 0 Å². The van der Waals surface area contributed by atoms with Crippen LogP contribution in [0.5, 0.6) is 11.5 Å². The van der Waals surface area contributed by atoms with Gasteiger partial charge >= 0.3 is 6.03 Å². The van der Waals surface area contributed by atoms with Crippen molar-refractivity contribution in [2.24, 2.45) is 0 Å². The van der Waals surface area contributed by atoms with Crippen LogP contribution in [0.25, 0.3) is 0 Å². The summed E-state index contributed by atoms with van der Waals surface area (Å²) in [6.45, 7) is 1.80. The molecule has 0 unspecified atom stereocenters. The molecule has 0 spiro atoms. The monoisotopic (exact) mass is 346 g/mol. The predicted octanol–water partition coefficient (Wildman–Crippen LogP) is 2.66. The van der Waals surface area contributed by atoms with Gasteiger partial charge in [-0.25, -0.2) is 9.78 Å². The van der Waals surface area contributed by atoms with Crippen LogP contribution in [-0.2, 0) is 0 Å². The molecule has 0 saturated carbocycles. The van der Waals surface area contributed by atoms with E-state index in [1.54, 1.807) is 29.5 Å². The van der Waals surface area contributed by atoms with Crippen molar-refractivity contribution in [2.45, 2.75) is 18.9 Å². The Balaban J connectivity index is 1.32. The molecule has 8 heteroatoms. The fourth-order valence-electron chi connectivity index (χ4n) is 3.02. The van der Waals surface area contributed by atoms with Crippen LogP contribution < -0.4 is 25.0 Å². The summed E-state index contributed by atoms with van der Waals surface area (Å²) in [7, 11) is 0. The van der Waals surface area contributed by atoms with Gasteiger partial charge in [-0.2, -0.15) is 0 Å². The summed E-state index contributed by atoms with van der Waals surface area (Å²) in [4.78, 5) is 18.8. The van der Waals surface area contributed by atoms with Crippen LogP contribution in [0.1, 0.15) is 12.8 Å². The van der Waals surface area contributed by atoms with Crippen LogP contribution in [0.3, 0.4) is 0 Å². The molecule has 2 amide bonds. The van der Waals surface area contributed by atoms with Crippen molar-refractivity contribution in [1.29, 1.82) is 0 Å². The highest BCUT2D eigenvalue weighted by atomic mass is 32.1. The van der Waals surface area contributed by atoms with Crippen molar-refractivity contribution in [3.05, 3.63) is 29.8 Å². The van der Waals surface area contributed by atoms with E-state index in [0.29, 0.717) is 29.8 Å². The quantitative estimate of drug-likeness (QED) is 0.890. The minimum Gasteiger partial charge on any atom is -0.454 e. The first-order valence-corrected chi connectivity index (χ1v) is 8.78. The first-order chi connectivity index (χ1) is 11.8. The van der Waals surface area contributed by atoms with E-state index >= 15 is 0 Å². The van der Waals surface area contributed by atoms with E-state index < -0.39 is 0 Å². The van der Waals surface area contributed by atoms with Crippen molar-refractivity contribution < 1.29 is 14.3 Å². The average Bonchev–Trinajstić information content (AvgIpc) is 3.32.